The first kappa shape index (κ1) is 13.9. The first-order valence-corrected chi connectivity index (χ1v) is 8.58. The number of anilines is 1. The molecule has 0 aromatic heterocycles. The molecule has 1 atom stereocenters. The molecule has 0 saturated carbocycles. The maximum Gasteiger partial charge on any atom is 0.215 e. The maximum atomic E-state index is 12.4. The van der Waals surface area contributed by atoms with Gasteiger partial charge in [0.25, 0.3) is 0 Å². The molecule has 1 saturated heterocycles. The zero-order valence-corrected chi connectivity index (χ0v) is 12.2. The number of sulfonamides is 1. The van der Waals surface area contributed by atoms with Crippen LogP contribution in [0.1, 0.15) is 36.4 Å². The number of nitrogens with two attached hydrogens (primary N) is 1. The molecule has 1 unspecified atom stereocenters. The number of nitrogen functional groups attached to an aromatic ring is 1. The van der Waals surface area contributed by atoms with E-state index in [0.717, 1.165) is 29.7 Å². The van der Waals surface area contributed by atoms with E-state index in [-0.39, 0.29) is 11.3 Å². The first-order valence-electron chi connectivity index (χ1n) is 7.03. The molecule has 3 rings (SSSR count). The van der Waals surface area contributed by atoms with Crippen molar-refractivity contribution in [1.29, 1.82) is 0 Å². The topological polar surface area (TPSA) is 81.4 Å². The molecule has 1 aliphatic heterocycles. The van der Waals surface area contributed by atoms with E-state index in [1.165, 1.54) is 0 Å². The van der Waals surface area contributed by atoms with Crippen molar-refractivity contribution in [3.8, 4) is 0 Å². The van der Waals surface area contributed by atoms with Gasteiger partial charge in [0.15, 0.2) is 0 Å². The summed E-state index contributed by atoms with van der Waals surface area (Å²) < 4.78 is 33.0. The quantitative estimate of drug-likeness (QED) is 0.825. The van der Waals surface area contributed by atoms with Crippen molar-refractivity contribution in [3.05, 3.63) is 29.3 Å². The third-order valence-electron chi connectivity index (χ3n) is 4.16. The Labute approximate surface area is 119 Å². The Bertz CT molecular complexity index is 594. The van der Waals surface area contributed by atoms with Crippen molar-refractivity contribution in [2.24, 2.45) is 0 Å². The van der Waals surface area contributed by atoms with Gasteiger partial charge in [0.05, 0.1) is 5.25 Å². The second kappa shape index (κ2) is 5.35. The third kappa shape index (κ3) is 2.68. The van der Waals surface area contributed by atoms with Gasteiger partial charge in [0.1, 0.15) is 0 Å². The number of hydrogen-bond donors (Lipinski definition) is 2. The second-order valence-corrected chi connectivity index (χ2v) is 7.52. The molecule has 2 aliphatic rings. The molecule has 110 valence electrons. The number of aryl methyl sites for hydroxylation is 1. The Balaban J connectivity index is 1.76. The Morgan fingerprint density at radius 1 is 1.20 bits per heavy atom. The Morgan fingerprint density at radius 3 is 2.70 bits per heavy atom. The summed E-state index contributed by atoms with van der Waals surface area (Å²) >= 11 is 0. The van der Waals surface area contributed by atoms with E-state index < -0.39 is 10.0 Å². The lowest BCUT2D eigenvalue weighted by Gasteiger charge is -2.24. The van der Waals surface area contributed by atoms with Crippen molar-refractivity contribution >= 4 is 15.7 Å². The zero-order chi connectivity index (χ0) is 14.2. The zero-order valence-electron chi connectivity index (χ0n) is 11.3. The van der Waals surface area contributed by atoms with E-state index in [4.69, 9.17) is 10.5 Å². The SMILES string of the molecule is Nc1ccc2c(c1)CCC2NS(=O)(=O)C1CCOCC1. The minimum absolute atomic E-state index is 0.113. The molecule has 3 N–H and O–H groups in total. The fraction of sp³-hybridized carbons (Fsp3) is 0.571. The van der Waals surface area contributed by atoms with Gasteiger partial charge < -0.3 is 10.5 Å². The van der Waals surface area contributed by atoms with Crippen LogP contribution in [0.15, 0.2) is 18.2 Å². The van der Waals surface area contributed by atoms with Crippen LogP contribution in [0.3, 0.4) is 0 Å². The second-order valence-electron chi connectivity index (χ2n) is 5.52. The van der Waals surface area contributed by atoms with Crippen LogP contribution in [0.5, 0.6) is 0 Å². The molecule has 0 spiro atoms. The monoisotopic (exact) mass is 296 g/mol. The smallest absolute Gasteiger partial charge is 0.215 e. The number of hydrogen-bond acceptors (Lipinski definition) is 4. The molecule has 1 aromatic carbocycles. The van der Waals surface area contributed by atoms with Gasteiger partial charge in [0.2, 0.25) is 10.0 Å². The van der Waals surface area contributed by atoms with Gasteiger partial charge in [-0.1, -0.05) is 6.07 Å². The number of rotatable bonds is 3. The van der Waals surface area contributed by atoms with Crippen LogP contribution in [0.4, 0.5) is 5.69 Å². The third-order valence-corrected chi connectivity index (χ3v) is 6.12. The minimum atomic E-state index is -3.28. The highest BCUT2D eigenvalue weighted by Gasteiger charge is 2.32. The Hall–Kier alpha value is -1.11. The average Bonchev–Trinajstić information content (AvgIpc) is 2.81. The molecule has 0 bridgehead atoms. The molecule has 6 heteroatoms. The summed E-state index contributed by atoms with van der Waals surface area (Å²) in [7, 11) is -3.28. The minimum Gasteiger partial charge on any atom is -0.399 e. The van der Waals surface area contributed by atoms with E-state index in [1.54, 1.807) is 0 Å². The maximum absolute atomic E-state index is 12.4. The Morgan fingerprint density at radius 2 is 1.95 bits per heavy atom. The lowest BCUT2D eigenvalue weighted by Crippen LogP contribution is -2.39. The predicted octanol–water partition coefficient (Wildman–Crippen LogP) is 1.35. The van der Waals surface area contributed by atoms with E-state index in [0.29, 0.717) is 26.1 Å². The average molecular weight is 296 g/mol. The summed E-state index contributed by atoms with van der Waals surface area (Å²) in [5.74, 6) is 0. The van der Waals surface area contributed by atoms with Crippen LogP contribution in [0.25, 0.3) is 0 Å². The molecule has 5 nitrogen and oxygen atoms in total. The van der Waals surface area contributed by atoms with Gasteiger partial charge in [-0.3, -0.25) is 0 Å². The van der Waals surface area contributed by atoms with E-state index >= 15 is 0 Å². The van der Waals surface area contributed by atoms with E-state index in [2.05, 4.69) is 4.72 Å². The van der Waals surface area contributed by atoms with Crippen LogP contribution in [0, 0.1) is 0 Å². The van der Waals surface area contributed by atoms with Gasteiger partial charge in [-0.25, -0.2) is 13.1 Å². The molecule has 20 heavy (non-hydrogen) atoms. The number of ether oxygens (including phenoxy) is 1. The van der Waals surface area contributed by atoms with Crippen LogP contribution >= 0.6 is 0 Å². The highest BCUT2D eigenvalue weighted by atomic mass is 32.2. The van der Waals surface area contributed by atoms with Crippen molar-refractivity contribution in [1.82, 2.24) is 4.72 Å². The van der Waals surface area contributed by atoms with E-state index in [9.17, 15) is 8.42 Å². The van der Waals surface area contributed by atoms with Crippen LogP contribution in [-0.2, 0) is 21.2 Å². The highest BCUT2D eigenvalue weighted by molar-refractivity contribution is 7.90. The standard InChI is InChI=1S/C14H20N2O3S/c15-11-2-3-13-10(9-11)1-4-14(13)16-20(17,18)12-5-7-19-8-6-12/h2-3,9,12,14,16H,1,4-8,15H2. The fourth-order valence-electron chi connectivity index (χ4n) is 3.04. The molecule has 1 aromatic rings. The summed E-state index contributed by atoms with van der Waals surface area (Å²) in [5, 5.41) is -0.325. The normalized spacial score (nSPS) is 23.7. The van der Waals surface area contributed by atoms with Crippen molar-refractivity contribution < 1.29 is 13.2 Å². The number of fused-ring (bicyclic) bond motifs is 1. The first-order chi connectivity index (χ1) is 9.56. The molecule has 0 amide bonds. The largest absolute Gasteiger partial charge is 0.399 e. The van der Waals surface area contributed by atoms with Gasteiger partial charge in [-0.15, -0.1) is 0 Å². The van der Waals surface area contributed by atoms with Crippen LogP contribution in [-0.4, -0.2) is 26.9 Å². The molecule has 1 aliphatic carbocycles. The van der Waals surface area contributed by atoms with Crippen LogP contribution < -0.4 is 10.5 Å². The van der Waals surface area contributed by atoms with Crippen molar-refractivity contribution in [2.75, 3.05) is 18.9 Å². The van der Waals surface area contributed by atoms with Crippen LogP contribution in [0.2, 0.25) is 0 Å². The lowest BCUT2D eigenvalue weighted by atomic mass is 10.1. The summed E-state index contributed by atoms with van der Waals surface area (Å²) in [6.07, 6.45) is 2.84. The summed E-state index contributed by atoms with van der Waals surface area (Å²) in [6, 6.07) is 5.60. The number of benzene rings is 1. The molecule has 1 heterocycles. The van der Waals surface area contributed by atoms with Crippen molar-refractivity contribution in [2.45, 2.75) is 37.0 Å². The predicted molar refractivity (Wildman–Crippen MR) is 77.8 cm³/mol. The van der Waals surface area contributed by atoms with Crippen molar-refractivity contribution in [3.63, 3.8) is 0 Å². The summed E-state index contributed by atoms with van der Waals surface area (Å²) in [4.78, 5) is 0. The molecular weight excluding hydrogens is 276 g/mol. The van der Waals surface area contributed by atoms with Gasteiger partial charge in [0, 0.05) is 24.9 Å². The van der Waals surface area contributed by atoms with E-state index in [1.807, 2.05) is 18.2 Å². The summed E-state index contributed by atoms with van der Waals surface area (Å²) in [6.45, 7) is 1.06. The molecular formula is C14H20N2O3S. The van der Waals surface area contributed by atoms with Gasteiger partial charge >= 0.3 is 0 Å². The lowest BCUT2D eigenvalue weighted by molar-refractivity contribution is 0.0981. The highest BCUT2D eigenvalue weighted by Crippen LogP contribution is 2.33. The molecule has 0 radical (unpaired) electrons. The fourth-order valence-corrected chi connectivity index (χ4v) is 4.69. The van der Waals surface area contributed by atoms with Gasteiger partial charge in [-0.2, -0.15) is 0 Å². The number of nitrogens with one attached hydrogen (secondary N) is 1. The van der Waals surface area contributed by atoms with Gasteiger partial charge in [-0.05, 0) is 48.9 Å². The molecule has 1 fully saturated rings. The Kier molecular flexibility index (Phi) is 3.70. The summed E-state index contributed by atoms with van der Waals surface area (Å²) in [5.41, 5.74) is 8.72.